The molecule has 0 radical (unpaired) electrons. The first-order valence-electron chi connectivity index (χ1n) is 6.82. The van der Waals surface area contributed by atoms with Crippen molar-refractivity contribution in [2.45, 2.75) is 13.0 Å². The van der Waals surface area contributed by atoms with Gasteiger partial charge in [0.1, 0.15) is 11.8 Å². The number of piperazine rings is 1. The predicted molar refractivity (Wildman–Crippen MR) is 79.5 cm³/mol. The van der Waals surface area contributed by atoms with Crippen LogP contribution in [0, 0.1) is 0 Å². The minimum absolute atomic E-state index is 0.110. The summed E-state index contributed by atoms with van der Waals surface area (Å²) in [5, 5.41) is 16.0. The molecule has 0 aromatic heterocycles. The van der Waals surface area contributed by atoms with Crippen LogP contribution in [0.1, 0.15) is 17.3 Å². The maximum absolute atomic E-state index is 12.6. The first kappa shape index (κ1) is 15.6. The Balaban J connectivity index is 2.26. The van der Waals surface area contributed by atoms with Gasteiger partial charge in [-0.2, -0.15) is 0 Å². The van der Waals surface area contributed by atoms with Gasteiger partial charge in [0.2, 0.25) is 5.91 Å². The molecule has 6 nitrogen and oxygen atoms in total. The summed E-state index contributed by atoms with van der Waals surface area (Å²) in [7, 11) is 0. The topological polar surface area (TPSA) is 81.7 Å². The first-order valence-corrected chi connectivity index (χ1v) is 7.20. The fourth-order valence-corrected chi connectivity index (χ4v) is 2.48. The smallest absolute Gasteiger partial charge is 0.258 e. The van der Waals surface area contributed by atoms with Crippen molar-refractivity contribution >= 4 is 23.4 Å². The number of benzene rings is 1. The highest BCUT2D eigenvalue weighted by Crippen LogP contribution is 2.24. The van der Waals surface area contributed by atoms with Crippen LogP contribution in [-0.2, 0) is 4.79 Å². The zero-order chi connectivity index (χ0) is 15.4. The number of carbonyl (C=O) groups is 2. The molecule has 1 aliphatic rings. The molecule has 1 heterocycles. The number of amides is 2. The van der Waals surface area contributed by atoms with E-state index >= 15 is 0 Å². The fourth-order valence-electron chi connectivity index (χ4n) is 2.31. The predicted octanol–water partition coefficient (Wildman–Crippen LogP) is 0.596. The maximum atomic E-state index is 12.6. The number of rotatable bonds is 3. The van der Waals surface area contributed by atoms with Gasteiger partial charge in [0, 0.05) is 31.2 Å². The molecule has 1 aromatic carbocycles. The Morgan fingerprint density at radius 3 is 3.00 bits per heavy atom. The first-order chi connectivity index (χ1) is 10.0. The molecule has 0 bridgehead atoms. The van der Waals surface area contributed by atoms with Gasteiger partial charge in [-0.05, 0) is 25.1 Å². The molecule has 0 aliphatic carbocycles. The largest absolute Gasteiger partial charge is 0.507 e. The normalized spacial score (nSPS) is 18.4. The second-order valence-corrected chi connectivity index (χ2v) is 5.21. The molecular weight excluding hydrogens is 294 g/mol. The minimum Gasteiger partial charge on any atom is -0.507 e. The summed E-state index contributed by atoms with van der Waals surface area (Å²) in [5.41, 5.74) is 0.110. The number of hydrogen-bond donors (Lipinski definition) is 3. The maximum Gasteiger partial charge on any atom is 0.258 e. The molecule has 1 fully saturated rings. The number of nitrogens with zero attached hydrogens (tertiary/aromatic N) is 1. The third kappa shape index (κ3) is 3.46. The van der Waals surface area contributed by atoms with E-state index in [1.807, 2.05) is 6.92 Å². The summed E-state index contributed by atoms with van der Waals surface area (Å²) in [4.78, 5) is 26.1. The molecule has 114 valence electrons. The van der Waals surface area contributed by atoms with Crippen LogP contribution in [-0.4, -0.2) is 54.0 Å². The lowest BCUT2D eigenvalue weighted by atomic mass is 10.1. The molecular formula is C14H18ClN3O3. The minimum atomic E-state index is -0.593. The zero-order valence-corrected chi connectivity index (χ0v) is 12.5. The Hall–Kier alpha value is -1.79. The molecule has 7 heteroatoms. The summed E-state index contributed by atoms with van der Waals surface area (Å²) in [6.45, 7) is 3.71. The summed E-state index contributed by atoms with van der Waals surface area (Å²) in [6, 6.07) is 3.70. The van der Waals surface area contributed by atoms with Crippen molar-refractivity contribution in [1.29, 1.82) is 0 Å². The summed E-state index contributed by atoms with van der Waals surface area (Å²) in [5.74, 6) is -0.745. The standard InChI is InChI=1S/C14H18ClN3O3/c1-2-17-13(20)11-8-16-5-6-18(11)14(21)10-7-9(15)3-4-12(10)19/h3-4,7,11,16,19H,2,5-6,8H2,1H3,(H,17,20). The van der Waals surface area contributed by atoms with E-state index in [4.69, 9.17) is 11.6 Å². The summed E-state index contributed by atoms with van der Waals surface area (Å²) < 4.78 is 0. The third-order valence-corrected chi connectivity index (χ3v) is 3.58. The second-order valence-electron chi connectivity index (χ2n) is 4.77. The molecule has 0 saturated carbocycles. The summed E-state index contributed by atoms with van der Waals surface area (Å²) >= 11 is 5.88. The molecule has 1 unspecified atom stereocenters. The van der Waals surface area contributed by atoms with Gasteiger partial charge in [-0.25, -0.2) is 0 Å². The number of phenolic OH excluding ortho intramolecular Hbond substituents is 1. The lowest BCUT2D eigenvalue weighted by Crippen LogP contribution is -2.59. The Kier molecular flexibility index (Phi) is 5.03. The molecule has 1 atom stereocenters. The van der Waals surface area contributed by atoms with Gasteiger partial charge >= 0.3 is 0 Å². The van der Waals surface area contributed by atoms with Gasteiger partial charge in [-0.15, -0.1) is 0 Å². The van der Waals surface area contributed by atoms with Crippen LogP contribution in [0.3, 0.4) is 0 Å². The molecule has 1 aliphatic heterocycles. The number of likely N-dealkylation sites (N-methyl/N-ethyl adjacent to an activating group) is 1. The Morgan fingerprint density at radius 1 is 1.52 bits per heavy atom. The van der Waals surface area contributed by atoms with Crippen molar-refractivity contribution in [3.8, 4) is 5.75 Å². The average molecular weight is 312 g/mol. The molecule has 3 N–H and O–H groups in total. The molecule has 0 spiro atoms. The van der Waals surface area contributed by atoms with Crippen molar-refractivity contribution in [3.63, 3.8) is 0 Å². The highest BCUT2D eigenvalue weighted by atomic mass is 35.5. The van der Waals surface area contributed by atoms with Crippen LogP contribution in [0.2, 0.25) is 5.02 Å². The van der Waals surface area contributed by atoms with Crippen LogP contribution < -0.4 is 10.6 Å². The third-order valence-electron chi connectivity index (χ3n) is 3.35. The van der Waals surface area contributed by atoms with E-state index < -0.39 is 11.9 Å². The van der Waals surface area contributed by atoms with E-state index in [1.54, 1.807) is 0 Å². The molecule has 2 rings (SSSR count). The summed E-state index contributed by atoms with van der Waals surface area (Å²) in [6.07, 6.45) is 0. The van der Waals surface area contributed by atoms with Crippen LogP contribution in [0.4, 0.5) is 0 Å². The van der Waals surface area contributed by atoms with E-state index in [2.05, 4.69) is 10.6 Å². The SMILES string of the molecule is CCNC(=O)C1CNCCN1C(=O)c1cc(Cl)ccc1O. The second kappa shape index (κ2) is 6.78. The average Bonchev–Trinajstić information content (AvgIpc) is 2.49. The van der Waals surface area contributed by atoms with E-state index in [0.29, 0.717) is 31.2 Å². The highest BCUT2D eigenvalue weighted by Gasteiger charge is 2.33. The molecule has 1 aromatic rings. The van der Waals surface area contributed by atoms with E-state index in [0.717, 1.165) is 0 Å². The zero-order valence-electron chi connectivity index (χ0n) is 11.7. The fraction of sp³-hybridized carbons (Fsp3) is 0.429. The Labute approximate surface area is 128 Å². The molecule has 21 heavy (non-hydrogen) atoms. The van der Waals surface area contributed by atoms with Gasteiger partial charge in [0.05, 0.1) is 5.56 Å². The Morgan fingerprint density at radius 2 is 2.29 bits per heavy atom. The quantitative estimate of drug-likeness (QED) is 0.763. The van der Waals surface area contributed by atoms with Crippen molar-refractivity contribution in [2.24, 2.45) is 0 Å². The monoisotopic (exact) mass is 311 g/mol. The number of nitrogens with one attached hydrogen (secondary N) is 2. The van der Waals surface area contributed by atoms with Gasteiger partial charge in [-0.3, -0.25) is 9.59 Å². The van der Waals surface area contributed by atoms with Gasteiger partial charge in [-0.1, -0.05) is 11.6 Å². The van der Waals surface area contributed by atoms with Crippen LogP contribution in [0.5, 0.6) is 5.75 Å². The van der Waals surface area contributed by atoms with Crippen molar-refractivity contribution in [2.75, 3.05) is 26.2 Å². The van der Waals surface area contributed by atoms with E-state index in [-0.39, 0.29) is 17.2 Å². The molecule has 2 amide bonds. The van der Waals surface area contributed by atoms with Crippen molar-refractivity contribution in [3.05, 3.63) is 28.8 Å². The van der Waals surface area contributed by atoms with Crippen LogP contribution in [0.25, 0.3) is 0 Å². The number of hydrogen-bond acceptors (Lipinski definition) is 4. The van der Waals surface area contributed by atoms with Gasteiger partial charge < -0.3 is 20.6 Å². The highest BCUT2D eigenvalue weighted by molar-refractivity contribution is 6.31. The lowest BCUT2D eigenvalue weighted by Gasteiger charge is -2.35. The number of carbonyl (C=O) groups excluding carboxylic acids is 2. The van der Waals surface area contributed by atoms with Crippen molar-refractivity contribution < 1.29 is 14.7 Å². The number of aromatic hydroxyl groups is 1. The van der Waals surface area contributed by atoms with E-state index in [9.17, 15) is 14.7 Å². The Bertz CT molecular complexity index is 550. The number of phenols is 1. The van der Waals surface area contributed by atoms with E-state index in [1.165, 1.54) is 23.1 Å². The number of halogens is 1. The van der Waals surface area contributed by atoms with Crippen LogP contribution >= 0.6 is 11.6 Å². The van der Waals surface area contributed by atoms with Gasteiger partial charge in [0.15, 0.2) is 0 Å². The van der Waals surface area contributed by atoms with Crippen LogP contribution in [0.15, 0.2) is 18.2 Å². The van der Waals surface area contributed by atoms with Crippen molar-refractivity contribution in [1.82, 2.24) is 15.5 Å². The van der Waals surface area contributed by atoms with Gasteiger partial charge in [0.25, 0.3) is 5.91 Å². The lowest BCUT2D eigenvalue weighted by molar-refractivity contribution is -0.126. The molecule has 1 saturated heterocycles.